The number of hydrogen-bond donors (Lipinski definition) is 2. The Labute approximate surface area is 62.9 Å². The molecule has 2 N–H and O–H groups in total. The highest BCUT2D eigenvalue weighted by Crippen LogP contribution is 2.18. The summed E-state index contributed by atoms with van der Waals surface area (Å²) in [6.07, 6.45) is 0.281. The molecule has 62 valence electrons. The van der Waals surface area contributed by atoms with Gasteiger partial charge in [0.1, 0.15) is 0 Å². The van der Waals surface area contributed by atoms with Gasteiger partial charge in [0.05, 0.1) is 11.7 Å². The van der Waals surface area contributed by atoms with Gasteiger partial charge in [-0.15, -0.1) is 0 Å². The van der Waals surface area contributed by atoms with E-state index in [-0.39, 0.29) is 5.92 Å². The van der Waals surface area contributed by atoms with Crippen molar-refractivity contribution >= 4 is 0 Å². The van der Waals surface area contributed by atoms with Crippen LogP contribution in [0.25, 0.3) is 0 Å². The van der Waals surface area contributed by atoms with Crippen molar-refractivity contribution in [2.24, 2.45) is 5.92 Å². The van der Waals surface area contributed by atoms with E-state index < -0.39 is 11.7 Å². The first-order valence-electron chi connectivity index (χ1n) is 3.80. The smallest absolute Gasteiger partial charge is 0.0852 e. The minimum Gasteiger partial charge on any atom is -0.390 e. The van der Waals surface area contributed by atoms with Crippen molar-refractivity contribution in [2.45, 2.75) is 45.8 Å². The van der Waals surface area contributed by atoms with Gasteiger partial charge in [-0.3, -0.25) is 0 Å². The highest BCUT2D eigenvalue weighted by molar-refractivity contribution is 4.79. The van der Waals surface area contributed by atoms with E-state index in [4.69, 9.17) is 0 Å². The van der Waals surface area contributed by atoms with E-state index in [1.807, 2.05) is 13.8 Å². The predicted molar refractivity (Wildman–Crippen MR) is 41.8 cm³/mol. The Bertz CT molecular complexity index is 93.9. The van der Waals surface area contributed by atoms with Gasteiger partial charge in [0.15, 0.2) is 0 Å². The van der Waals surface area contributed by atoms with Gasteiger partial charge >= 0.3 is 0 Å². The second-order valence-corrected chi connectivity index (χ2v) is 3.48. The SMILES string of the molecule is CCC(C)C(O)C(C)(C)O. The van der Waals surface area contributed by atoms with Crippen molar-refractivity contribution < 1.29 is 10.2 Å². The molecule has 0 saturated heterocycles. The Hall–Kier alpha value is -0.0800. The summed E-state index contributed by atoms with van der Waals surface area (Å²) >= 11 is 0. The lowest BCUT2D eigenvalue weighted by Gasteiger charge is -2.28. The van der Waals surface area contributed by atoms with Gasteiger partial charge in [-0.1, -0.05) is 20.3 Å². The van der Waals surface area contributed by atoms with Gasteiger partial charge in [-0.05, 0) is 19.8 Å². The van der Waals surface area contributed by atoms with Crippen LogP contribution in [0.15, 0.2) is 0 Å². The molecule has 2 heteroatoms. The molecule has 0 aliphatic carbocycles. The van der Waals surface area contributed by atoms with E-state index >= 15 is 0 Å². The van der Waals surface area contributed by atoms with Gasteiger partial charge in [0.25, 0.3) is 0 Å². The van der Waals surface area contributed by atoms with Crippen LogP contribution in [0, 0.1) is 5.92 Å². The zero-order chi connectivity index (χ0) is 8.36. The third kappa shape index (κ3) is 2.67. The highest BCUT2D eigenvalue weighted by atomic mass is 16.3. The molecule has 0 aliphatic rings. The second kappa shape index (κ2) is 3.35. The molecule has 2 unspecified atom stereocenters. The van der Waals surface area contributed by atoms with Crippen LogP contribution in [0.4, 0.5) is 0 Å². The lowest BCUT2D eigenvalue weighted by molar-refractivity contribution is -0.0736. The lowest BCUT2D eigenvalue weighted by atomic mass is 9.89. The number of hydrogen-bond acceptors (Lipinski definition) is 2. The largest absolute Gasteiger partial charge is 0.390 e. The first-order valence-corrected chi connectivity index (χ1v) is 3.80. The molecule has 0 radical (unpaired) electrons. The summed E-state index contributed by atoms with van der Waals surface area (Å²) in [5, 5.41) is 18.7. The van der Waals surface area contributed by atoms with Gasteiger partial charge in [0, 0.05) is 0 Å². The zero-order valence-corrected chi connectivity index (χ0v) is 7.26. The maximum absolute atomic E-state index is 9.40. The topological polar surface area (TPSA) is 40.5 Å². The summed E-state index contributed by atoms with van der Waals surface area (Å²) in [5.74, 6) is 0.167. The summed E-state index contributed by atoms with van der Waals surface area (Å²) in [5.41, 5.74) is -0.963. The quantitative estimate of drug-likeness (QED) is 0.627. The van der Waals surface area contributed by atoms with Crippen molar-refractivity contribution in [3.8, 4) is 0 Å². The fourth-order valence-corrected chi connectivity index (χ4v) is 0.920. The molecule has 0 fully saturated rings. The predicted octanol–water partition coefficient (Wildman–Crippen LogP) is 1.16. The van der Waals surface area contributed by atoms with Gasteiger partial charge in [-0.25, -0.2) is 0 Å². The molecule has 2 atom stereocenters. The Morgan fingerprint density at radius 1 is 1.40 bits per heavy atom. The highest BCUT2D eigenvalue weighted by Gasteiger charge is 2.28. The number of aliphatic hydroxyl groups excluding tert-OH is 1. The van der Waals surface area contributed by atoms with E-state index in [0.29, 0.717) is 0 Å². The Balaban J connectivity index is 3.94. The Morgan fingerprint density at radius 3 is 1.90 bits per heavy atom. The van der Waals surface area contributed by atoms with Crippen LogP contribution >= 0.6 is 0 Å². The summed E-state index contributed by atoms with van der Waals surface area (Å²) < 4.78 is 0. The first-order chi connectivity index (χ1) is 4.39. The van der Waals surface area contributed by atoms with Crippen molar-refractivity contribution in [1.29, 1.82) is 0 Å². The molecule has 0 aromatic heterocycles. The molecule has 10 heavy (non-hydrogen) atoms. The van der Waals surface area contributed by atoms with Gasteiger partial charge < -0.3 is 10.2 Å². The Kier molecular flexibility index (Phi) is 3.33. The lowest BCUT2D eigenvalue weighted by Crippen LogP contribution is -2.40. The molecule has 0 aromatic carbocycles. The molecule has 0 heterocycles. The molecule has 0 aromatic rings. The van der Waals surface area contributed by atoms with Crippen molar-refractivity contribution in [3.05, 3.63) is 0 Å². The fourth-order valence-electron chi connectivity index (χ4n) is 0.920. The average molecular weight is 146 g/mol. The van der Waals surface area contributed by atoms with Crippen molar-refractivity contribution in [1.82, 2.24) is 0 Å². The molecule has 0 saturated carbocycles. The zero-order valence-electron chi connectivity index (χ0n) is 7.26. The van der Waals surface area contributed by atoms with E-state index in [1.54, 1.807) is 13.8 Å². The average Bonchev–Trinajstić information content (AvgIpc) is 1.83. The number of rotatable bonds is 3. The molecular formula is C8H18O2. The molecule has 0 aliphatic heterocycles. The van der Waals surface area contributed by atoms with Crippen LogP contribution in [0.1, 0.15) is 34.1 Å². The minimum absolute atomic E-state index is 0.167. The molecule has 0 amide bonds. The first kappa shape index (κ1) is 9.92. The van der Waals surface area contributed by atoms with E-state index in [0.717, 1.165) is 6.42 Å². The monoisotopic (exact) mass is 146 g/mol. The maximum atomic E-state index is 9.40. The van der Waals surface area contributed by atoms with Crippen LogP contribution in [0.5, 0.6) is 0 Å². The fraction of sp³-hybridized carbons (Fsp3) is 1.00. The van der Waals surface area contributed by atoms with Crippen LogP contribution in [-0.2, 0) is 0 Å². The summed E-state index contributed by atoms with van der Waals surface area (Å²) in [6.45, 7) is 7.19. The summed E-state index contributed by atoms with van der Waals surface area (Å²) in [7, 11) is 0. The molecular weight excluding hydrogens is 128 g/mol. The van der Waals surface area contributed by atoms with Crippen molar-refractivity contribution in [3.63, 3.8) is 0 Å². The third-order valence-corrected chi connectivity index (χ3v) is 1.91. The van der Waals surface area contributed by atoms with Gasteiger partial charge in [-0.2, -0.15) is 0 Å². The van der Waals surface area contributed by atoms with E-state index in [9.17, 15) is 10.2 Å². The van der Waals surface area contributed by atoms with Crippen molar-refractivity contribution in [2.75, 3.05) is 0 Å². The Morgan fingerprint density at radius 2 is 1.80 bits per heavy atom. The second-order valence-electron chi connectivity index (χ2n) is 3.48. The molecule has 0 rings (SSSR count). The van der Waals surface area contributed by atoms with E-state index in [1.165, 1.54) is 0 Å². The van der Waals surface area contributed by atoms with Crippen LogP contribution in [-0.4, -0.2) is 21.9 Å². The van der Waals surface area contributed by atoms with E-state index in [2.05, 4.69) is 0 Å². The summed E-state index contributed by atoms with van der Waals surface area (Å²) in [6, 6.07) is 0. The van der Waals surface area contributed by atoms with Crippen LogP contribution in [0.3, 0.4) is 0 Å². The normalized spacial score (nSPS) is 18.6. The summed E-state index contributed by atoms with van der Waals surface area (Å²) in [4.78, 5) is 0. The minimum atomic E-state index is -0.963. The molecule has 0 bridgehead atoms. The molecule has 2 nitrogen and oxygen atoms in total. The van der Waals surface area contributed by atoms with Gasteiger partial charge in [0.2, 0.25) is 0 Å². The van der Waals surface area contributed by atoms with Crippen LogP contribution in [0.2, 0.25) is 0 Å². The maximum Gasteiger partial charge on any atom is 0.0852 e. The third-order valence-electron chi connectivity index (χ3n) is 1.91. The standard InChI is InChI=1S/C8H18O2/c1-5-6(2)7(9)8(3,4)10/h6-7,9-10H,5H2,1-4H3. The van der Waals surface area contributed by atoms with Crippen LogP contribution < -0.4 is 0 Å². The molecule has 0 spiro atoms. The number of aliphatic hydroxyl groups is 2.